The molecule has 1 atom stereocenters. The van der Waals surface area contributed by atoms with Crippen LogP contribution in [0.1, 0.15) is 24.8 Å². The summed E-state index contributed by atoms with van der Waals surface area (Å²) in [6.45, 7) is 2.79. The van der Waals surface area contributed by atoms with Gasteiger partial charge in [0.1, 0.15) is 11.8 Å². The van der Waals surface area contributed by atoms with Crippen LogP contribution in [0, 0.1) is 6.92 Å². The molecule has 1 aliphatic heterocycles. The van der Waals surface area contributed by atoms with Crippen molar-refractivity contribution in [2.45, 2.75) is 32.2 Å². The van der Waals surface area contributed by atoms with Crippen molar-refractivity contribution in [2.75, 3.05) is 13.2 Å². The van der Waals surface area contributed by atoms with E-state index in [1.807, 2.05) is 31.2 Å². The monoisotopic (exact) mass is 277 g/mol. The largest absolute Gasteiger partial charge is 0.493 e. The topological polar surface area (TPSA) is 66.8 Å². The van der Waals surface area contributed by atoms with Gasteiger partial charge in [-0.1, -0.05) is 17.7 Å². The number of carbonyl (C=O) groups is 2. The highest BCUT2D eigenvalue weighted by Crippen LogP contribution is 2.18. The van der Waals surface area contributed by atoms with Crippen LogP contribution in [0.15, 0.2) is 24.3 Å². The molecule has 2 rings (SSSR count). The minimum atomic E-state index is -0.921. The molecule has 1 saturated heterocycles. The van der Waals surface area contributed by atoms with Gasteiger partial charge in [0, 0.05) is 6.54 Å². The summed E-state index contributed by atoms with van der Waals surface area (Å²) in [6.07, 6.45) is 1.50. The Morgan fingerprint density at radius 3 is 2.70 bits per heavy atom. The predicted molar refractivity (Wildman–Crippen MR) is 73.7 cm³/mol. The molecule has 0 bridgehead atoms. The number of rotatable bonds is 5. The summed E-state index contributed by atoms with van der Waals surface area (Å²) in [6, 6.07) is 6.93. The summed E-state index contributed by atoms with van der Waals surface area (Å²) in [7, 11) is 0. The van der Waals surface area contributed by atoms with Gasteiger partial charge < -0.3 is 14.7 Å². The van der Waals surface area contributed by atoms with Gasteiger partial charge in [-0.25, -0.2) is 4.79 Å². The van der Waals surface area contributed by atoms with Crippen LogP contribution < -0.4 is 4.74 Å². The maximum absolute atomic E-state index is 12.0. The molecule has 0 aliphatic carbocycles. The van der Waals surface area contributed by atoms with E-state index in [1.54, 1.807) is 0 Å². The number of carboxylic acid groups (broad SMARTS) is 1. The van der Waals surface area contributed by atoms with E-state index < -0.39 is 12.0 Å². The zero-order chi connectivity index (χ0) is 14.5. The first kappa shape index (κ1) is 14.4. The average Bonchev–Trinajstić information content (AvgIpc) is 2.90. The molecule has 0 spiro atoms. The second-order valence-electron chi connectivity index (χ2n) is 4.99. The van der Waals surface area contributed by atoms with Crippen LogP contribution in [0.4, 0.5) is 0 Å². The van der Waals surface area contributed by atoms with Crippen LogP contribution >= 0.6 is 0 Å². The van der Waals surface area contributed by atoms with E-state index in [0.717, 1.165) is 17.7 Å². The van der Waals surface area contributed by atoms with Gasteiger partial charge in [0.2, 0.25) is 5.91 Å². The normalized spacial score (nSPS) is 18.1. The Hall–Kier alpha value is -2.04. The Morgan fingerprint density at radius 1 is 1.35 bits per heavy atom. The van der Waals surface area contributed by atoms with E-state index in [1.165, 1.54) is 4.90 Å². The van der Waals surface area contributed by atoms with Crippen molar-refractivity contribution < 1.29 is 19.4 Å². The van der Waals surface area contributed by atoms with E-state index in [2.05, 4.69) is 0 Å². The van der Waals surface area contributed by atoms with Crippen molar-refractivity contribution in [2.24, 2.45) is 0 Å². The SMILES string of the molecule is Cc1ccc(OCCC(=O)N2CCC[C@@H]2C(=O)O)cc1. The molecular weight excluding hydrogens is 258 g/mol. The van der Waals surface area contributed by atoms with Crippen molar-refractivity contribution in [3.63, 3.8) is 0 Å². The predicted octanol–water partition coefficient (Wildman–Crippen LogP) is 1.84. The lowest BCUT2D eigenvalue weighted by Crippen LogP contribution is -2.40. The van der Waals surface area contributed by atoms with Crippen LogP contribution in [0.3, 0.4) is 0 Å². The number of hydrogen-bond acceptors (Lipinski definition) is 3. The highest BCUT2D eigenvalue weighted by molar-refractivity contribution is 5.84. The molecule has 108 valence electrons. The molecular formula is C15H19NO4. The second-order valence-corrected chi connectivity index (χ2v) is 4.99. The Kier molecular flexibility index (Phi) is 4.61. The summed E-state index contributed by atoms with van der Waals surface area (Å²) in [5.41, 5.74) is 1.15. The van der Waals surface area contributed by atoms with Crippen molar-refractivity contribution in [3.05, 3.63) is 29.8 Å². The lowest BCUT2D eigenvalue weighted by atomic mass is 10.2. The van der Waals surface area contributed by atoms with E-state index in [9.17, 15) is 9.59 Å². The molecule has 1 aromatic rings. The summed E-state index contributed by atoms with van der Waals surface area (Å²) < 4.78 is 5.49. The highest BCUT2D eigenvalue weighted by atomic mass is 16.5. The van der Waals surface area contributed by atoms with Crippen molar-refractivity contribution in [3.8, 4) is 5.75 Å². The molecule has 1 aromatic carbocycles. The summed E-state index contributed by atoms with van der Waals surface area (Å²) in [5.74, 6) is -0.350. The van der Waals surface area contributed by atoms with E-state index in [-0.39, 0.29) is 18.9 Å². The van der Waals surface area contributed by atoms with E-state index in [0.29, 0.717) is 13.0 Å². The maximum Gasteiger partial charge on any atom is 0.326 e. The van der Waals surface area contributed by atoms with Crippen LogP contribution in [0.25, 0.3) is 0 Å². The van der Waals surface area contributed by atoms with Crippen molar-refractivity contribution in [1.82, 2.24) is 4.90 Å². The highest BCUT2D eigenvalue weighted by Gasteiger charge is 2.33. The number of ether oxygens (including phenoxy) is 1. The lowest BCUT2D eigenvalue weighted by molar-refractivity contribution is -0.148. The number of amides is 1. The molecule has 1 aliphatic rings. The average molecular weight is 277 g/mol. The molecule has 1 N–H and O–H groups in total. The number of aryl methyl sites for hydroxylation is 1. The van der Waals surface area contributed by atoms with Gasteiger partial charge in [0.15, 0.2) is 0 Å². The summed E-state index contributed by atoms with van der Waals surface area (Å²) >= 11 is 0. The molecule has 1 fully saturated rings. The Bertz CT molecular complexity index is 483. The first-order chi connectivity index (χ1) is 9.58. The molecule has 0 saturated carbocycles. The van der Waals surface area contributed by atoms with Crippen LogP contribution in [0.5, 0.6) is 5.75 Å². The number of aliphatic carboxylic acids is 1. The van der Waals surface area contributed by atoms with Crippen LogP contribution in [-0.4, -0.2) is 41.1 Å². The maximum atomic E-state index is 12.0. The third kappa shape index (κ3) is 3.50. The third-order valence-electron chi connectivity index (χ3n) is 3.46. The van der Waals surface area contributed by atoms with Crippen molar-refractivity contribution >= 4 is 11.9 Å². The second kappa shape index (κ2) is 6.41. The Labute approximate surface area is 118 Å². The van der Waals surface area contributed by atoms with Gasteiger partial charge >= 0.3 is 5.97 Å². The standard InChI is InChI=1S/C15H19NO4/c1-11-4-6-12(7-5-11)20-10-8-14(17)16-9-2-3-13(16)15(18)19/h4-7,13H,2-3,8-10H2,1H3,(H,18,19)/t13-/m1/s1. The Morgan fingerprint density at radius 2 is 2.05 bits per heavy atom. The van der Waals surface area contributed by atoms with E-state index >= 15 is 0 Å². The number of hydrogen-bond donors (Lipinski definition) is 1. The number of nitrogens with zero attached hydrogens (tertiary/aromatic N) is 1. The van der Waals surface area contributed by atoms with Gasteiger partial charge in [0.05, 0.1) is 13.0 Å². The third-order valence-corrected chi connectivity index (χ3v) is 3.46. The van der Waals surface area contributed by atoms with Gasteiger partial charge in [-0.2, -0.15) is 0 Å². The van der Waals surface area contributed by atoms with Crippen LogP contribution in [0.2, 0.25) is 0 Å². The zero-order valence-electron chi connectivity index (χ0n) is 11.5. The molecule has 5 heteroatoms. The lowest BCUT2D eigenvalue weighted by Gasteiger charge is -2.21. The number of likely N-dealkylation sites (tertiary alicyclic amines) is 1. The first-order valence-electron chi connectivity index (χ1n) is 6.79. The molecule has 5 nitrogen and oxygen atoms in total. The molecule has 1 heterocycles. The summed E-state index contributed by atoms with van der Waals surface area (Å²) in [5, 5.41) is 9.04. The fourth-order valence-electron chi connectivity index (χ4n) is 2.36. The van der Waals surface area contributed by atoms with Crippen molar-refractivity contribution in [1.29, 1.82) is 0 Å². The number of carbonyl (C=O) groups excluding carboxylic acids is 1. The smallest absolute Gasteiger partial charge is 0.326 e. The number of benzene rings is 1. The molecule has 0 unspecified atom stereocenters. The minimum absolute atomic E-state index is 0.151. The summed E-state index contributed by atoms with van der Waals surface area (Å²) in [4.78, 5) is 24.5. The fraction of sp³-hybridized carbons (Fsp3) is 0.467. The zero-order valence-corrected chi connectivity index (χ0v) is 11.5. The molecule has 0 aromatic heterocycles. The fourth-order valence-corrected chi connectivity index (χ4v) is 2.36. The molecule has 1 amide bonds. The molecule has 20 heavy (non-hydrogen) atoms. The first-order valence-corrected chi connectivity index (χ1v) is 6.79. The van der Waals surface area contributed by atoms with Gasteiger partial charge in [0.25, 0.3) is 0 Å². The molecule has 0 radical (unpaired) electrons. The van der Waals surface area contributed by atoms with Gasteiger partial charge in [-0.05, 0) is 31.9 Å². The van der Waals surface area contributed by atoms with E-state index in [4.69, 9.17) is 9.84 Å². The van der Waals surface area contributed by atoms with Gasteiger partial charge in [-0.3, -0.25) is 4.79 Å². The van der Waals surface area contributed by atoms with Crippen LogP contribution in [-0.2, 0) is 9.59 Å². The minimum Gasteiger partial charge on any atom is -0.493 e. The Balaban J connectivity index is 1.80. The quantitative estimate of drug-likeness (QED) is 0.891. The number of carboxylic acids is 1. The van der Waals surface area contributed by atoms with Gasteiger partial charge in [-0.15, -0.1) is 0 Å².